The van der Waals surface area contributed by atoms with Gasteiger partial charge in [-0.2, -0.15) is 0 Å². The Bertz CT molecular complexity index is 907. The van der Waals surface area contributed by atoms with Crippen LogP contribution in [0.15, 0.2) is 91.0 Å². The van der Waals surface area contributed by atoms with Gasteiger partial charge in [0.25, 0.3) is 0 Å². The first kappa shape index (κ1) is 30.1. The predicted molar refractivity (Wildman–Crippen MR) is 167 cm³/mol. The van der Waals surface area contributed by atoms with Gasteiger partial charge in [0.05, 0.1) is 12.8 Å². The number of esters is 1. The van der Waals surface area contributed by atoms with Gasteiger partial charge in [0, 0.05) is 6.42 Å². The van der Waals surface area contributed by atoms with Crippen molar-refractivity contribution in [2.45, 2.75) is 90.4 Å². The molecule has 0 unspecified atom stereocenters. The summed E-state index contributed by atoms with van der Waals surface area (Å²) in [5.74, 6) is -0.0414. The molecule has 0 bridgehead atoms. The SMILES string of the molecule is CCOC(=O)CCCCCCCCCCCCCC[P+](c1ccccc1)(c1ccccc1)c1ccccc1. The van der Waals surface area contributed by atoms with Gasteiger partial charge in [-0.1, -0.05) is 112 Å². The highest BCUT2D eigenvalue weighted by Crippen LogP contribution is 2.56. The predicted octanol–water partition coefficient (Wildman–Crippen LogP) is 8.61. The Morgan fingerprint density at radius 1 is 0.526 bits per heavy atom. The van der Waals surface area contributed by atoms with E-state index in [0.717, 1.165) is 12.8 Å². The molecule has 0 atom stereocenters. The number of rotatable bonds is 19. The fourth-order valence-electron chi connectivity index (χ4n) is 5.50. The van der Waals surface area contributed by atoms with Gasteiger partial charge in [0.2, 0.25) is 0 Å². The van der Waals surface area contributed by atoms with Crippen LogP contribution in [0.2, 0.25) is 0 Å². The van der Waals surface area contributed by atoms with E-state index in [4.69, 9.17) is 4.74 Å². The van der Waals surface area contributed by atoms with Crippen LogP contribution in [0, 0.1) is 0 Å². The van der Waals surface area contributed by atoms with E-state index in [0.29, 0.717) is 13.0 Å². The van der Waals surface area contributed by atoms with Crippen LogP contribution in [0.5, 0.6) is 0 Å². The van der Waals surface area contributed by atoms with Gasteiger partial charge in [-0.05, 0) is 62.6 Å². The second kappa shape index (κ2) is 18.0. The van der Waals surface area contributed by atoms with Crippen molar-refractivity contribution in [3.05, 3.63) is 91.0 Å². The maximum absolute atomic E-state index is 11.4. The summed E-state index contributed by atoms with van der Waals surface area (Å²) in [6.45, 7) is 2.36. The summed E-state index contributed by atoms with van der Waals surface area (Å²) in [4.78, 5) is 11.4. The molecule has 0 aliphatic rings. The number of benzene rings is 3. The molecular formula is C35H48O2P+. The van der Waals surface area contributed by atoms with Crippen molar-refractivity contribution in [2.75, 3.05) is 12.8 Å². The highest BCUT2D eigenvalue weighted by atomic mass is 31.2. The smallest absolute Gasteiger partial charge is 0.305 e. The molecule has 0 aliphatic heterocycles. The van der Waals surface area contributed by atoms with Gasteiger partial charge in [0.15, 0.2) is 0 Å². The van der Waals surface area contributed by atoms with Gasteiger partial charge in [-0.25, -0.2) is 0 Å². The van der Waals surface area contributed by atoms with Crippen LogP contribution in [-0.2, 0) is 9.53 Å². The summed E-state index contributed by atoms with van der Waals surface area (Å²) in [5, 5.41) is 4.50. The molecule has 0 aliphatic carbocycles. The van der Waals surface area contributed by atoms with E-state index in [1.807, 2.05) is 6.92 Å². The molecule has 0 N–H and O–H groups in total. The fraction of sp³-hybridized carbons (Fsp3) is 0.457. The van der Waals surface area contributed by atoms with E-state index in [2.05, 4.69) is 91.0 Å². The van der Waals surface area contributed by atoms with E-state index in [9.17, 15) is 4.79 Å². The van der Waals surface area contributed by atoms with E-state index in [1.165, 1.54) is 86.3 Å². The maximum atomic E-state index is 11.4. The molecule has 3 aromatic carbocycles. The van der Waals surface area contributed by atoms with Crippen LogP contribution in [0.25, 0.3) is 0 Å². The minimum atomic E-state index is -1.67. The Morgan fingerprint density at radius 2 is 0.868 bits per heavy atom. The minimum absolute atomic E-state index is 0.0414. The standard InChI is InChI=1S/C35H48O2P/c1-2-37-35(36)30-22-11-9-7-5-3-4-6-8-10-12-23-31-38(32-24-16-13-17-25-32,33-26-18-14-19-27-33)34-28-20-15-21-29-34/h13-21,24-29H,2-12,22-23,30-31H2,1H3/q+1. The quantitative estimate of drug-likeness (QED) is 0.0879. The van der Waals surface area contributed by atoms with Crippen LogP contribution < -0.4 is 15.9 Å². The molecule has 3 aromatic rings. The van der Waals surface area contributed by atoms with Crippen molar-refractivity contribution in [1.29, 1.82) is 0 Å². The van der Waals surface area contributed by atoms with Crippen molar-refractivity contribution in [2.24, 2.45) is 0 Å². The third-order valence-electron chi connectivity index (χ3n) is 7.52. The average molecular weight is 532 g/mol. The first-order valence-electron chi connectivity index (χ1n) is 15.0. The summed E-state index contributed by atoms with van der Waals surface area (Å²) in [5.41, 5.74) is 0. The number of carbonyl (C=O) groups is 1. The highest BCUT2D eigenvalue weighted by molar-refractivity contribution is 7.95. The summed E-state index contributed by atoms with van der Waals surface area (Å²) < 4.78 is 4.99. The first-order chi connectivity index (χ1) is 18.8. The molecule has 0 radical (unpaired) electrons. The van der Waals surface area contributed by atoms with Crippen LogP contribution in [0.1, 0.15) is 90.4 Å². The van der Waals surface area contributed by atoms with Crippen molar-refractivity contribution < 1.29 is 9.53 Å². The third-order valence-corrected chi connectivity index (χ3v) is 12.0. The molecule has 204 valence electrons. The average Bonchev–Trinajstić information content (AvgIpc) is 2.97. The van der Waals surface area contributed by atoms with Crippen molar-refractivity contribution >= 4 is 29.1 Å². The second-order valence-electron chi connectivity index (χ2n) is 10.3. The number of hydrogen-bond acceptors (Lipinski definition) is 2. The lowest BCUT2D eigenvalue weighted by Gasteiger charge is -2.27. The zero-order valence-corrected chi connectivity index (χ0v) is 24.4. The summed E-state index contributed by atoms with van der Waals surface area (Å²) >= 11 is 0. The Morgan fingerprint density at radius 3 is 1.24 bits per heavy atom. The van der Waals surface area contributed by atoms with Gasteiger partial charge in [-0.15, -0.1) is 0 Å². The highest BCUT2D eigenvalue weighted by Gasteiger charge is 2.44. The molecule has 0 saturated carbocycles. The molecule has 0 spiro atoms. The number of hydrogen-bond donors (Lipinski definition) is 0. The van der Waals surface area contributed by atoms with Crippen LogP contribution in [0.3, 0.4) is 0 Å². The van der Waals surface area contributed by atoms with E-state index in [1.54, 1.807) is 0 Å². The third kappa shape index (κ3) is 9.70. The second-order valence-corrected chi connectivity index (χ2v) is 14.0. The minimum Gasteiger partial charge on any atom is -0.466 e. The summed E-state index contributed by atoms with van der Waals surface area (Å²) in [6.07, 6.45) is 17.2. The van der Waals surface area contributed by atoms with Crippen LogP contribution >= 0.6 is 7.26 Å². The van der Waals surface area contributed by atoms with Crippen molar-refractivity contribution in [3.63, 3.8) is 0 Å². The molecule has 0 fully saturated rings. The zero-order chi connectivity index (χ0) is 26.7. The van der Waals surface area contributed by atoms with Gasteiger partial charge in [0.1, 0.15) is 23.2 Å². The lowest BCUT2D eigenvalue weighted by Crippen LogP contribution is -2.33. The lowest BCUT2D eigenvalue weighted by molar-refractivity contribution is -0.143. The lowest BCUT2D eigenvalue weighted by atomic mass is 10.0. The molecule has 0 heterocycles. The van der Waals surface area contributed by atoms with Crippen LogP contribution in [0.4, 0.5) is 0 Å². The van der Waals surface area contributed by atoms with Crippen molar-refractivity contribution in [1.82, 2.24) is 0 Å². The summed E-state index contributed by atoms with van der Waals surface area (Å²) in [7, 11) is -1.67. The molecule has 38 heavy (non-hydrogen) atoms. The number of ether oxygens (including phenoxy) is 1. The first-order valence-corrected chi connectivity index (χ1v) is 17.0. The fourth-order valence-corrected chi connectivity index (χ4v) is 9.91. The molecule has 3 rings (SSSR count). The van der Waals surface area contributed by atoms with E-state index < -0.39 is 7.26 Å². The maximum Gasteiger partial charge on any atom is 0.305 e. The Labute approximate surface area is 232 Å². The molecular weight excluding hydrogens is 483 g/mol. The van der Waals surface area contributed by atoms with E-state index >= 15 is 0 Å². The Hall–Kier alpha value is -2.44. The summed E-state index contributed by atoms with van der Waals surface area (Å²) in [6, 6.07) is 33.8. The van der Waals surface area contributed by atoms with Crippen LogP contribution in [-0.4, -0.2) is 18.7 Å². The topological polar surface area (TPSA) is 26.3 Å². The molecule has 0 saturated heterocycles. The van der Waals surface area contributed by atoms with Gasteiger partial charge >= 0.3 is 5.97 Å². The monoisotopic (exact) mass is 531 g/mol. The van der Waals surface area contributed by atoms with E-state index in [-0.39, 0.29) is 5.97 Å². The molecule has 0 amide bonds. The zero-order valence-electron chi connectivity index (χ0n) is 23.5. The normalized spacial score (nSPS) is 11.4. The Kier molecular flexibility index (Phi) is 14.2. The largest absolute Gasteiger partial charge is 0.466 e. The van der Waals surface area contributed by atoms with Gasteiger partial charge < -0.3 is 4.74 Å². The Balaban J connectivity index is 1.40. The molecule has 3 heteroatoms. The van der Waals surface area contributed by atoms with Gasteiger partial charge in [-0.3, -0.25) is 4.79 Å². The molecule has 2 nitrogen and oxygen atoms in total. The molecule has 0 aromatic heterocycles. The number of unbranched alkanes of at least 4 members (excludes halogenated alkanes) is 11. The van der Waals surface area contributed by atoms with Crippen molar-refractivity contribution in [3.8, 4) is 0 Å². The number of carbonyl (C=O) groups excluding carboxylic acids is 1.